The Bertz CT molecular complexity index is 810. The number of ether oxygens (including phenoxy) is 2. The predicted octanol–water partition coefficient (Wildman–Crippen LogP) is 3.16. The standard InChI is InChI=1S/C18H24N6O3S2/c1-19-29-24(2)18(25)27-14-7-15(26-10-14)13-8-21-17(22-9-13)23-16-6-12(11-28-3)4-5-20-16/h4-6,8-9,14-15,19H,7,10-11H2,1-3H3,(H,20,21,22,23). The zero-order valence-corrected chi connectivity index (χ0v) is 18.1. The highest BCUT2D eigenvalue weighted by Gasteiger charge is 2.31. The number of anilines is 2. The van der Waals surface area contributed by atoms with Crippen LogP contribution in [0.5, 0.6) is 0 Å². The minimum atomic E-state index is -0.411. The van der Waals surface area contributed by atoms with Crippen LogP contribution in [0.1, 0.15) is 23.7 Å². The second-order valence-electron chi connectivity index (χ2n) is 6.30. The maximum atomic E-state index is 12.0. The van der Waals surface area contributed by atoms with Crippen molar-refractivity contribution in [3.05, 3.63) is 41.9 Å². The molecule has 0 bridgehead atoms. The van der Waals surface area contributed by atoms with Crippen molar-refractivity contribution in [2.75, 3.05) is 32.3 Å². The number of pyridine rings is 1. The number of thioether (sulfide) groups is 1. The van der Waals surface area contributed by atoms with Crippen LogP contribution in [0, 0.1) is 0 Å². The second-order valence-corrected chi connectivity index (χ2v) is 8.31. The summed E-state index contributed by atoms with van der Waals surface area (Å²) in [6.07, 6.45) is 6.93. The first-order valence-electron chi connectivity index (χ1n) is 9.01. The molecule has 0 radical (unpaired) electrons. The predicted molar refractivity (Wildman–Crippen MR) is 115 cm³/mol. The van der Waals surface area contributed by atoms with E-state index in [0.717, 1.165) is 23.5 Å². The molecule has 11 heteroatoms. The molecule has 2 N–H and O–H groups in total. The van der Waals surface area contributed by atoms with Gasteiger partial charge in [0.1, 0.15) is 11.9 Å². The average molecular weight is 437 g/mol. The first kappa shape index (κ1) is 21.6. The highest BCUT2D eigenvalue weighted by Crippen LogP contribution is 2.30. The molecule has 0 aliphatic carbocycles. The van der Waals surface area contributed by atoms with Gasteiger partial charge in [0.15, 0.2) is 0 Å². The molecule has 0 spiro atoms. The average Bonchev–Trinajstić information content (AvgIpc) is 3.18. The van der Waals surface area contributed by atoms with E-state index in [2.05, 4.69) is 31.2 Å². The van der Waals surface area contributed by atoms with Crippen LogP contribution in [0.2, 0.25) is 0 Å². The van der Waals surface area contributed by atoms with Crippen LogP contribution in [-0.4, -0.2) is 58.4 Å². The molecule has 2 aromatic heterocycles. The first-order valence-corrected chi connectivity index (χ1v) is 11.2. The van der Waals surface area contributed by atoms with E-state index in [1.165, 1.54) is 9.87 Å². The van der Waals surface area contributed by atoms with E-state index in [1.54, 1.807) is 44.4 Å². The maximum absolute atomic E-state index is 12.0. The zero-order valence-electron chi connectivity index (χ0n) is 16.5. The van der Waals surface area contributed by atoms with Crippen molar-refractivity contribution in [1.82, 2.24) is 24.0 Å². The van der Waals surface area contributed by atoms with Crippen molar-refractivity contribution in [2.24, 2.45) is 0 Å². The first-order chi connectivity index (χ1) is 14.1. The maximum Gasteiger partial charge on any atom is 0.420 e. The van der Waals surface area contributed by atoms with E-state index in [1.807, 2.05) is 12.1 Å². The van der Waals surface area contributed by atoms with Crippen molar-refractivity contribution in [2.45, 2.75) is 24.4 Å². The van der Waals surface area contributed by atoms with Crippen LogP contribution in [0.4, 0.5) is 16.6 Å². The monoisotopic (exact) mass is 436 g/mol. The Morgan fingerprint density at radius 3 is 2.90 bits per heavy atom. The Morgan fingerprint density at radius 1 is 1.38 bits per heavy atom. The minimum absolute atomic E-state index is 0.202. The van der Waals surface area contributed by atoms with Crippen LogP contribution >= 0.6 is 23.9 Å². The minimum Gasteiger partial charge on any atom is -0.443 e. The highest BCUT2D eigenvalue weighted by atomic mass is 32.2. The van der Waals surface area contributed by atoms with Gasteiger partial charge in [0.25, 0.3) is 0 Å². The molecule has 2 atom stereocenters. The number of rotatable bonds is 8. The number of aromatic nitrogens is 3. The number of hydrogen-bond acceptors (Lipinski definition) is 10. The molecular formula is C18H24N6O3S2. The Labute approximate surface area is 178 Å². The Balaban J connectivity index is 1.54. The zero-order chi connectivity index (χ0) is 20.6. The third kappa shape index (κ3) is 6.20. The molecule has 1 aliphatic rings. The summed E-state index contributed by atoms with van der Waals surface area (Å²) in [6, 6.07) is 3.97. The van der Waals surface area contributed by atoms with Gasteiger partial charge < -0.3 is 14.8 Å². The number of carbonyl (C=O) groups is 1. The lowest BCUT2D eigenvalue weighted by Gasteiger charge is -2.17. The molecule has 1 fully saturated rings. The topological polar surface area (TPSA) is 102 Å². The van der Waals surface area contributed by atoms with Gasteiger partial charge in [0.2, 0.25) is 5.95 Å². The van der Waals surface area contributed by atoms with Gasteiger partial charge in [0, 0.05) is 55.5 Å². The van der Waals surface area contributed by atoms with Crippen molar-refractivity contribution in [3.63, 3.8) is 0 Å². The van der Waals surface area contributed by atoms with Gasteiger partial charge in [-0.15, -0.1) is 0 Å². The second kappa shape index (κ2) is 10.6. The summed E-state index contributed by atoms with van der Waals surface area (Å²) in [5, 5.41) is 3.11. The molecule has 9 nitrogen and oxygen atoms in total. The lowest BCUT2D eigenvalue weighted by atomic mass is 10.1. The fraction of sp³-hybridized carbons (Fsp3) is 0.444. The molecule has 3 heterocycles. The van der Waals surface area contributed by atoms with E-state index >= 15 is 0 Å². The van der Waals surface area contributed by atoms with Gasteiger partial charge in [-0.05, 0) is 31.0 Å². The molecule has 2 unspecified atom stereocenters. The summed E-state index contributed by atoms with van der Waals surface area (Å²) in [6.45, 7) is 0.348. The van der Waals surface area contributed by atoms with Crippen LogP contribution in [0.15, 0.2) is 30.7 Å². The van der Waals surface area contributed by atoms with Gasteiger partial charge in [-0.1, -0.05) is 0 Å². The van der Waals surface area contributed by atoms with Crippen LogP contribution in [0.25, 0.3) is 0 Å². The molecule has 1 saturated heterocycles. The summed E-state index contributed by atoms with van der Waals surface area (Å²) < 4.78 is 15.4. The van der Waals surface area contributed by atoms with Crippen LogP contribution in [0.3, 0.4) is 0 Å². The fourth-order valence-electron chi connectivity index (χ4n) is 2.79. The smallest absolute Gasteiger partial charge is 0.420 e. The Kier molecular flexibility index (Phi) is 7.92. The van der Waals surface area contributed by atoms with Gasteiger partial charge in [-0.25, -0.2) is 28.8 Å². The van der Waals surface area contributed by atoms with Gasteiger partial charge >= 0.3 is 6.09 Å². The molecule has 29 heavy (non-hydrogen) atoms. The van der Waals surface area contributed by atoms with Gasteiger partial charge in [-0.3, -0.25) is 0 Å². The third-order valence-corrected chi connectivity index (χ3v) is 5.36. The van der Waals surface area contributed by atoms with Crippen molar-refractivity contribution >= 4 is 41.8 Å². The lowest BCUT2D eigenvalue weighted by molar-refractivity contribution is 0.0638. The van der Waals surface area contributed by atoms with E-state index in [-0.39, 0.29) is 12.2 Å². The van der Waals surface area contributed by atoms with E-state index in [0.29, 0.717) is 24.8 Å². The Hall–Kier alpha value is -2.08. The molecule has 2 aromatic rings. The summed E-state index contributed by atoms with van der Waals surface area (Å²) in [5.74, 6) is 2.09. The van der Waals surface area contributed by atoms with Crippen molar-refractivity contribution in [3.8, 4) is 0 Å². The number of nitrogens with zero attached hydrogens (tertiary/aromatic N) is 4. The molecular weight excluding hydrogens is 412 g/mol. The SMILES string of the molecule is CNSN(C)C(=O)OC1COC(c2cnc(Nc3cc(CSC)ccn3)nc2)C1. The number of nitrogens with one attached hydrogen (secondary N) is 2. The van der Waals surface area contributed by atoms with Gasteiger partial charge in [-0.2, -0.15) is 11.8 Å². The van der Waals surface area contributed by atoms with Crippen LogP contribution in [-0.2, 0) is 15.2 Å². The normalized spacial score (nSPS) is 18.4. The van der Waals surface area contributed by atoms with Crippen molar-refractivity contribution < 1.29 is 14.3 Å². The third-order valence-electron chi connectivity index (χ3n) is 4.13. The Morgan fingerprint density at radius 2 is 2.17 bits per heavy atom. The van der Waals surface area contributed by atoms with E-state index in [4.69, 9.17) is 9.47 Å². The number of amides is 1. The van der Waals surface area contributed by atoms with E-state index < -0.39 is 6.09 Å². The van der Waals surface area contributed by atoms with Crippen LogP contribution < -0.4 is 10.0 Å². The summed E-state index contributed by atoms with van der Waals surface area (Å²) in [5.41, 5.74) is 2.03. The molecule has 3 rings (SSSR count). The molecule has 156 valence electrons. The number of hydrogen-bond donors (Lipinski definition) is 2. The quantitative estimate of drug-likeness (QED) is 0.600. The summed E-state index contributed by atoms with van der Waals surface area (Å²) >= 11 is 2.91. The van der Waals surface area contributed by atoms with Crippen molar-refractivity contribution in [1.29, 1.82) is 0 Å². The molecule has 1 amide bonds. The fourth-order valence-corrected chi connectivity index (χ4v) is 3.69. The van der Waals surface area contributed by atoms with E-state index in [9.17, 15) is 4.79 Å². The summed E-state index contributed by atoms with van der Waals surface area (Å²) in [4.78, 5) is 25.0. The molecule has 0 aromatic carbocycles. The largest absolute Gasteiger partial charge is 0.443 e. The van der Waals surface area contributed by atoms with Gasteiger partial charge in [0.05, 0.1) is 12.7 Å². The molecule has 0 saturated carbocycles. The number of carbonyl (C=O) groups excluding carboxylic acids is 1. The molecule has 1 aliphatic heterocycles. The lowest BCUT2D eigenvalue weighted by Crippen LogP contribution is -2.28. The summed E-state index contributed by atoms with van der Waals surface area (Å²) in [7, 11) is 3.38. The highest BCUT2D eigenvalue weighted by molar-refractivity contribution is 7.97.